The summed E-state index contributed by atoms with van der Waals surface area (Å²) in [6, 6.07) is 0.145. The number of amides is 2. The zero-order valence-corrected chi connectivity index (χ0v) is 13.8. The Balaban J connectivity index is 2.41. The van der Waals surface area contributed by atoms with E-state index in [2.05, 4.69) is 5.32 Å². The van der Waals surface area contributed by atoms with Crippen LogP contribution in [0.5, 0.6) is 0 Å². The Hall–Kier alpha value is -1.30. The first-order valence-corrected chi connectivity index (χ1v) is 7.47. The molecule has 122 valence electrons. The number of carbonyl (C=O) groups excluding carboxylic acids is 2. The molecule has 0 spiro atoms. The van der Waals surface area contributed by atoms with Gasteiger partial charge in [0.2, 0.25) is 5.91 Å². The molecule has 0 aliphatic heterocycles. The van der Waals surface area contributed by atoms with Crippen molar-refractivity contribution in [2.75, 3.05) is 20.9 Å². The van der Waals surface area contributed by atoms with E-state index in [1.54, 1.807) is 19.1 Å². The number of nitrogens with one attached hydrogen (secondary N) is 1. The molecule has 2 amide bonds. The van der Waals surface area contributed by atoms with E-state index >= 15 is 0 Å². The first-order valence-electron chi connectivity index (χ1n) is 7.47. The molecular weight excluding hydrogens is 272 g/mol. The van der Waals surface area contributed by atoms with Gasteiger partial charge in [-0.2, -0.15) is 0 Å². The summed E-state index contributed by atoms with van der Waals surface area (Å²) in [4.78, 5) is 25.5. The molecule has 1 aliphatic carbocycles. The van der Waals surface area contributed by atoms with Crippen LogP contribution in [0.1, 0.15) is 46.5 Å². The highest BCUT2D eigenvalue weighted by molar-refractivity contribution is 5.78. The van der Waals surface area contributed by atoms with Crippen molar-refractivity contribution in [3.05, 3.63) is 0 Å². The van der Waals surface area contributed by atoms with Gasteiger partial charge in [-0.1, -0.05) is 0 Å². The summed E-state index contributed by atoms with van der Waals surface area (Å²) in [6.45, 7) is 5.82. The van der Waals surface area contributed by atoms with Crippen molar-refractivity contribution in [2.45, 2.75) is 58.1 Å². The quantitative estimate of drug-likeness (QED) is 0.808. The van der Waals surface area contributed by atoms with Crippen molar-refractivity contribution < 1.29 is 19.1 Å². The molecule has 0 saturated heterocycles. The first-order chi connectivity index (χ1) is 9.74. The van der Waals surface area contributed by atoms with Gasteiger partial charge in [0.05, 0.1) is 0 Å². The van der Waals surface area contributed by atoms with Crippen molar-refractivity contribution in [1.29, 1.82) is 0 Å². The lowest BCUT2D eigenvalue weighted by molar-refractivity contribution is -0.127. The van der Waals surface area contributed by atoms with Gasteiger partial charge in [0.15, 0.2) is 0 Å². The second-order valence-corrected chi connectivity index (χ2v) is 6.57. The van der Waals surface area contributed by atoms with Gasteiger partial charge in [0.25, 0.3) is 0 Å². The Kier molecular flexibility index (Phi) is 6.45. The minimum Gasteiger partial charge on any atom is -0.444 e. The van der Waals surface area contributed by atoms with Crippen molar-refractivity contribution in [2.24, 2.45) is 5.92 Å². The zero-order chi connectivity index (χ0) is 16.0. The monoisotopic (exact) mass is 300 g/mol. The number of hydrogen-bond donors (Lipinski definition) is 1. The largest absolute Gasteiger partial charge is 0.444 e. The minimum atomic E-state index is -0.484. The lowest BCUT2D eigenvalue weighted by atomic mass is 9.85. The molecular formula is C15H28N2O4. The molecule has 0 aromatic carbocycles. The topological polar surface area (TPSA) is 67.9 Å². The molecule has 0 radical (unpaired) electrons. The van der Waals surface area contributed by atoms with Crippen molar-refractivity contribution in [3.63, 3.8) is 0 Å². The van der Waals surface area contributed by atoms with E-state index in [9.17, 15) is 9.59 Å². The van der Waals surface area contributed by atoms with Crippen LogP contribution in [0.25, 0.3) is 0 Å². The average Bonchev–Trinajstić information content (AvgIpc) is 2.42. The third kappa shape index (κ3) is 5.91. The van der Waals surface area contributed by atoms with Gasteiger partial charge in [-0.15, -0.1) is 0 Å². The molecule has 0 aromatic rings. The molecule has 1 aliphatic rings. The fraction of sp³-hybridized carbons (Fsp3) is 0.867. The van der Waals surface area contributed by atoms with Gasteiger partial charge in [-0.25, -0.2) is 4.79 Å². The predicted octanol–water partition coefficient (Wildman–Crippen LogP) is 2.13. The van der Waals surface area contributed by atoms with Gasteiger partial charge in [0, 0.05) is 26.1 Å². The molecule has 21 heavy (non-hydrogen) atoms. The van der Waals surface area contributed by atoms with Crippen LogP contribution in [0.3, 0.4) is 0 Å². The number of ether oxygens (including phenoxy) is 2. The van der Waals surface area contributed by atoms with Crippen molar-refractivity contribution >= 4 is 12.0 Å². The maximum atomic E-state index is 12.0. The molecule has 0 bridgehead atoms. The molecule has 1 N–H and O–H groups in total. The van der Waals surface area contributed by atoms with Crippen LogP contribution in [0.15, 0.2) is 0 Å². The summed E-state index contributed by atoms with van der Waals surface area (Å²) < 4.78 is 10.2. The molecule has 6 heteroatoms. The normalized spacial score (nSPS) is 22.5. The van der Waals surface area contributed by atoms with E-state index in [4.69, 9.17) is 9.47 Å². The van der Waals surface area contributed by atoms with Gasteiger partial charge < -0.3 is 19.7 Å². The van der Waals surface area contributed by atoms with Crippen LogP contribution >= 0.6 is 0 Å². The molecule has 0 heterocycles. The predicted molar refractivity (Wildman–Crippen MR) is 79.8 cm³/mol. The summed E-state index contributed by atoms with van der Waals surface area (Å²) in [7, 11) is 3.32. The van der Waals surface area contributed by atoms with Crippen LogP contribution < -0.4 is 5.32 Å². The second-order valence-electron chi connectivity index (χ2n) is 6.57. The number of carbonyl (C=O) groups is 2. The summed E-state index contributed by atoms with van der Waals surface area (Å²) >= 11 is 0. The highest BCUT2D eigenvalue weighted by atomic mass is 16.6. The van der Waals surface area contributed by atoms with Crippen LogP contribution in [-0.2, 0) is 14.3 Å². The Morgan fingerprint density at radius 1 is 1.19 bits per heavy atom. The average molecular weight is 300 g/mol. The summed E-state index contributed by atoms with van der Waals surface area (Å²) in [5.41, 5.74) is -0.484. The highest BCUT2D eigenvalue weighted by Gasteiger charge is 2.31. The van der Waals surface area contributed by atoms with Crippen molar-refractivity contribution in [1.82, 2.24) is 10.2 Å². The van der Waals surface area contributed by atoms with Gasteiger partial charge >= 0.3 is 6.09 Å². The third-order valence-electron chi connectivity index (χ3n) is 3.69. The van der Waals surface area contributed by atoms with Crippen LogP contribution in [0, 0.1) is 5.92 Å². The molecule has 1 saturated carbocycles. The number of methoxy groups -OCH3 is 1. The Morgan fingerprint density at radius 3 is 2.24 bits per heavy atom. The van der Waals surface area contributed by atoms with Gasteiger partial charge in [-0.05, 0) is 46.5 Å². The Bertz CT molecular complexity index is 357. The van der Waals surface area contributed by atoms with Crippen LogP contribution in [-0.4, -0.2) is 49.4 Å². The van der Waals surface area contributed by atoms with E-state index in [-0.39, 0.29) is 30.7 Å². The maximum Gasteiger partial charge on any atom is 0.410 e. The first kappa shape index (κ1) is 17.8. The zero-order valence-electron chi connectivity index (χ0n) is 13.8. The van der Waals surface area contributed by atoms with E-state index < -0.39 is 5.60 Å². The summed E-state index contributed by atoms with van der Waals surface area (Å²) in [5.74, 6) is 0.0543. The Morgan fingerprint density at radius 2 is 1.76 bits per heavy atom. The molecule has 0 aromatic heterocycles. The SMILES string of the molecule is COCNC(=O)C1CCC(N(C)C(=O)OC(C)(C)C)CC1. The van der Waals surface area contributed by atoms with E-state index in [1.165, 1.54) is 0 Å². The summed E-state index contributed by atoms with van der Waals surface area (Å²) in [5, 5.41) is 2.73. The van der Waals surface area contributed by atoms with E-state index in [0.717, 1.165) is 25.7 Å². The number of hydrogen-bond acceptors (Lipinski definition) is 4. The number of nitrogens with zero attached hydrogens (tertiary/aromatic N) is 1. The van der Waals surface area contributed by atoms with Crippen LogP contribution in [0.2, 0.25) is 0 Å². The standard InChI is InChI=1S/C15H28N2O4/c1-15(2,3)21-14(19)17(4)12-8-6-11(7-9-12)13(18)16-10-20-5/h11-12H,6-10H2,1-5H3,(H,16,18). The van der Waals surface area contributed by atoms with Crippen molar-refractivity contribution in [3.8, 4) is 0 Å². The lowest BCUT2D eigenvalue weighted by Crippen LogP contribution is -2.44. The highest BCUT2D eigenvalue weighted by Crippen LogP contribution is 2.28. The van der Waals surface area contributed by atoms with Gasteiger partial charge in [-0.3, -0.25) is 4.79 Å². The lowest BCUT2D eigenvalue weighted by Gasteiger charge is -2.35. The molecule has 0 unspecified atom stereocenters. The third-order valence-corrected chi connectivity index (χ3v) is 3.69. The second kappa shape index (κ2) is 7.64. The fourth-order valence-electron chi connectivity index (χ4n) is 2.50. The molecule has 1 fully saturated rings. The van der Waals surface area contributed by atoms with Gasteiger partial charge in [0.1, 0.15) is 12.3 Å². The smallest absolute Gasteiger partial charge is 0.410 e. The fourth-order valence-corrected chi connectivity index (χ4v) is 2.50. The molecule has 0 atom stereocenters. The molecule has 6 nitrogen and oxygen atoms in total. The summed E-state index contributed by atoms with van der Waals surface area (Å²) in [6.07, 6.45) is 2.91. The minimum absolute atomic E-state index is 0.0171. The number of rotatable bonds is 4. The van der Waals surface area contributed by atoms with Crippen LogP contribution in [0.4, 0.5) is 4.79 Å². The van der Waals surface area contributed by atoms with E-state index in [1.807, 2.05) is 20.8 Å². The van der Waals surface area contributed by atoms with E-state index in [0.29, 0.717) is 0 Å². The Labute approximate surface area is 127 Å². The maximum absolute atomic E-state index is 12.0. The molecule has 1 rings (SSSR count).